The third kappa shape index (κ3) is 3.98. The fourth-order valence-electron chi connectivity index (χ4n) is 4.31. The van der Waals surface area contributed by atoms with E-state index in [1.807, 2.05) is 0 Å². The summed E-state index contributed by atoms with van der Waals surface area (Å²) in [5.41, 5.74) is 1.04. The van der Waals surface area contributed by atoms with Gasteiger partial charge in [0.05, 0.1) is 0 Å². The molecule has 0 radical (unpaired) electrons. The zero-order valence-electron chi connectivity index (χ0n) is 14.5. The highest BCUT2D eigenvalue weighted by Gasteiger charge is 2.39. The van der Waals surface area contributed by atoms with Crippen LogP contribution in [0.2, 0.25) is 0 Å². The van der Waals surface area contributed by atoms with Crippen LogP contribution in [0.4, 0.5) is 0 Å². The van der Waals surface area contributed by atoms with E-state index in [1.54, 1.807) is 0 Å². The molecule has 1 aliphatic heterocycles. The predicted octanol–water partition coefficient (Wildman–Crippen LogP) is 3.91. The van der Waals surface area contributed by atoms with Crippen molar-refractivity contribution in [3.63, 3.8) is 0 Å². The van der Waals surface area contributed by atoms with Crippen LogP contribution in [0.25, 0.3) is 0 Å². The van der Waals surface area contributed by atoms with Gasteiger partial charge in [0.25, 0.3) is 0 Å². The third-order valence-electron chi connectivity index (χ3n) is 5.84. The van der Waals surface area contributed by atoms with Gasteiger partial charge in [0.1, 0.15) is 0 Å². The number of likely N-dealkylation sites (tertiary alicyclic amines) is 1. The van der Waals surface area contributed by atoms with Crippen molar-refractivity contribution < 1.29 is 0 Å². The highest BCUT2D eigenvalue weighted by molar-refractivity contribution is 4.95. The monoisotopic (exact) mass is 280 g/mol. The lowest BCUT2D eigenvalue weighted by atomic mass is 9.67. The van der Waals surface area contributed by atoms with Gasteiger partial charge in [-0.25, -0.2) is 0 Å². The molecule has 2 atom stereocenters. The van der Waals surface area contributed by atoms with Crippen LogP contribution in [-0.2, 0) is 0 Å². The molecule has 0 aromatic rings. The molecule has 2 unspecified atom stereocenters. The van der Waals surface area contributed by atoms with Gasteiger partial charge < -0.3 is 10.2 Å². The van der Waals surface area contributed by atoms with Crippen LogP contribution in [0.3, 0.4) is 0 Å². The largest absolute Gasteiger partial charge is 0.313 e. The SMILES string of the molecule is CCNC1C(CN2CCC(C)(C)CC2)CCCC1(C)C. The lowest BCUT2D eigenvalue weighted by Crippen LogP contribution is -2.53. The first-order valence-electron chi connectivity index (χ1n) is 8.80. The maximum atomic E-state index is 3.80. The Labute approximate surface area is 126 Å². The van der Waals surface area contributed by atoms with Gasteiger partial charge in [-0.05, 0) is 62.1 Å². The van der Waals surface area contributed by atoms with Crippen LogP contribution < -0.4 is 5.32 Å². The van der Waals surface area contributed by atoms with Crippen molar-refractivity contribution in [2.45, 2.75) is 72.8 Å². The van der Waals surface area contributed by atoms with Crippen molar-refractivity contribution in [3.8, 4) is 0 Å². The number of rotatable bonds is 4. The van der Waals surface area contributed by atoms with E-state index in [4.69, 9.17) is 0 Å². The zero-order valence-corrected chi connectivity index (χ0v) is 14.5. The van der Waals surface area contributed by atoms with Gasteiger partial charge in [0, 0.05) is 12.6 Å². The summed E-state index contributed by atoms with van der Waals surface area (Å²) in [5.74, 6) is 0.847. The number of nitrogens with zero attached hydrogens (tertiary/aromatic N) is 1. The fourth-order valence-corrected chi connectivity index (χ4v) is 4.31. The third-order valence-corrected chi connectivity index (χ3v) is 5.84. The Balaban J connectivity index is 1.93. The summed E-state index contributed by atoms with van der Waals surface area (Å²) in [5, 5.41) is 3.80. The summed E-state index contributed by atoms with van der Waals surface area (Å²) >= 11 is 0. The molecular weight excluding hydrogens is 244 g/mol. The fraction of sp³-hybridized carbons (Fsp3) is 1.00. The summed E-state index contributed by atoms with van der Waals surface area (Å²) in [4.78, 5) is 2.74. The van der Waals surface area contributed by atoms with Crippen molar-refractivity contribution in [3.05, 3.63) is 0 Å². The topological polar surface area (TPSA) is 15.3 Å². The molecule has 0 spiro atoms. The average Bonchev–Trinajstić information content (AvgIpc) is 2.36. The van der Waals surface area contributed by atoms with Gasteiger partial charge in [-0.3, -0.25) is 0 Å². The standard InChI is InChI=1S/C18H36N2/c1-6-19-16-15(8-7-9-18(16,4)5)14-20-12-10-17(2,3)11-13-20/h15-16,19H,6-14H2,1-5H3. The zero-order chi connectivity index (χ0) is 14.8. The smallest absolute Gasteiger partial charge is 0.0159 e. The second-order valence-corrected chi connectivity index (χ2v) is 8.64. The molecule has 2 aliphatic rings. The van der Waals surface area contributed by atoms with Gasteiger partial charge in [-0.2, -0.15) is 0 Å². The van der Waals surface area contributed by atoms with Crippen molar-refractivity contribution in [2.24, 2.45) is 16.7 Å². The van der Waals surface area contributed by atoms with Gasteiger partial charge >= 0.3 is 0 Å². The molecule has 2 rings (SSSR count). The summed E-state index contributed by atoms with van der Waals surface area (Å²) in [6, 6.07) is 0.705. The van der Waals surface area contributed by atoms with Crippen LogP contribution >= 0.6 is 0 Å². The van der Waals surface area contributed by atoms with E-state index in [0.29, 0.717) is 16.9 Å². The van der Waals surface area contributed by atoms with Gasteiger partial charge in [-0.15, -0.1) is 0 Å². The highest BCUT2D eigenvalue weighted by atomic mass is 15.1. The molecule has 1 saturated carbocycles. The Kier molecular flexibility index (Phi) is 5.18. The molecule has 1 N–H and O–H groups in total. The minimum atomic E-state index is 0.466. The maximum Gasteiger partial charge on any atom is 0.0159 e. The summed E-state index contributed by atoms with van der Waals surface area (Å²) in [7, 11) is 0. The summed E-state index contributed by atoms with van der Waals surface area (Å²) in [6.07, 6.45) is 6.96. The van der Waals surface area contributed by atoms with Crippen LogP contribution in [0.1, 0.15) is 66.7 Å². The van der Waals surface area contributed by atoms with E-state index in [2.05, 4.69) is 44.8 Å². The molecule has 0 aromatic carbocycles. The molecule has 1 aliphatic carbocycles. The van der Waals surface area contributed by atoms with Gasteiger partial charge in [-0.1, -0.05) is 41.0 Å². The molecule has 0 aromatic heterocycles. The van der Waals surface area contributed by atoms with E-state index in [9.17, 15) is 0 Å². The highest BCUT2D eigenvalue weighted by Crippen LogP contribution is 2.40. The summed E-state index contributed by atoms with van der Waals surface area (Å²) < 4.78 is 0. The van der Waals surface area contributed by atoms with E-state index < -0.39 is 0 Å². The van der Waals surface area contributed by atoms with Crippen LogP contribution in [0, 0.1) is 16.7 Å². The van der Waals surface area contributed by atoms with Crippen LogP contribution in [0.15, 0.2) is 0 Å². The Morgan fingerprint density at radius 3 is 2.30 bits per heavy atom. The second kappa shape index (κ2) is 6.36. The minimum absolute atomic E-state index is 0.466. The Bertz CT molecular complexity index is 299. The second-order valence-electron chi connectivity index (χ2n) is 8.64. The lowest BCUT2D eigenvalue weighted by Gasteiger charge is -2.47. The lowest BCUT2D eigenvalue weighted by molar-refractivity contribution is 0.0563. The van der Waals surface area contributed by atoms with Crippen LogP contribution in [0.5, 0.6) is 0 Å². The molecule has 0 amide bonds. The van der Waals surface area contributed by atoms with E-state index in [1.165, 1.54) is 51.7 Å². The Morgan fingerprint density at radius 2 is 1.70 bits per heavy atom. The first kappa shape index (κ1) is 16.3. The predicted molar refractivity (Wildman–Crippen MR) is 88.0 cm³/mol. The first-order valence-corrected chi connectivity index (χ1v) is 8.80. The maximum absolute atomic E-state index is 3.80. The number of piperidine rings is 1. The quantitative estimate of drug-likeness (QED) is 0.840. The molecule has 2 fully saturated rings. The van der Waals surface area contributed by atoms with Gasteiger partial charge in [0.15, 0.2) is 0 Å². The first-order chi connectivity index (χ1) is 9.34. The molecule has 20 heavy (non-hydrogen) atoms. The van der Waals surface area contributed by atoms with Crippen molar-refractivity contribution in [1.29, 1.82) is 0 Å². The molecule has 118 valence electrons. The number of hydrogen-bond acceptors (Lipinski definition) is 2. The summed E-state index contributed by atoms with van der Waals surface area (Å²) in [6.45, 7) is 17.1. The molecule has 2 heteroatoms. The van der Waals surface area contributed by atoms with Crippen molar-refractivity contribution in [1.82, 2.24) is 10.2 Å². The molecule has 1 heterocycles. The Morgan fingerprint density at radius 1 is 1.05 bits per heavy atom. The van der Waals surface area contributed by atoms with Crippen molar-refractivity contribution >= 4 is 0 Å². The van der Waals surface area contributed by atoms with Crippen LogP contribution in [-0.4, -0.2) is 37.1 Å². The van der Waals surface area contributed by atoms with E-state index in [-0.39, 0.29) is 0 Å². The number of hydrogen-bond donors (Lipinski definition) is 1. The van der Waals surface area contributed by atoms with E-state index >= 15 is 0 Å². The molecule has 2 nitrogen and oxygen atoms in total. The minimum Gasteiger partial charge on any atom is -0.313 e. The molecule has 1 saturated heterocycles. The average molecular weight is 280 g/mol. The number of nitrogens with one attached hydrogen (secondary N) is 1. The molecule has 0 bridgehead atoms. The van der Waals surface area contributed by atoms with E-state index in [0.717, 1.165) is 12.5 Å². The van der Waals surface area contributed by atoms with Gasteiger partial charge in [0.2, 0.25) is 0 Å². The molecular formula is C18H36N2. The normalized spacial score (nSPS) is 34.0. The van der Waals surface area contributed by atoms with Crippen molar-refractivity contribution in [2.75, 3.05) is 26.2 Å². The Hall–Kier alpha value is -0.0800.